The van der Waals surface area contributed by atoms with Crippen molar-refractivity contribution in [3.05, 3.63) is 65.5 Å². The van der Waals surface area contributed by atoms with Gasteiger partial charge in [0.25, 0.3) is 5.91 Å². The van der Waals surface area contributed by atoms with E-state index in [0.717, 1.165) is 45.8 Å². The van der Waals surface area contributed by atoms with Crippen molar-refractivity contribution in [3.8, 4) is 11.3 Å². The van der Waals surface area contributed by atoms with Crippen LogP contribution in [0.1, 0.15) is 40.4 Å². The van der Waals surface area contributed by atoms with Crippen LogP contribution in [0.2, 0.25) is 0 Å². The summed E-state index contributed by atoms with van der Waals surface area (Å²) in [5.74, 6) is 0.664. The number of hydrogen-bond donors (Lipinski definition) is 3. The van der Waals surface area contributed by atoms with Crippen LogP contribution in [0, 0.1) is 6.92 Å². The lowest BCUT2D eigenvalue weighted by Gasteiger charge is -2.16. The molecule has 0 radical (unpaired) electrons. The van der Waals surface area contributed by atoms with E-state index in [0.29, 0.717) is 17.9 Å². The zero-order chi connectivity index (χ0) is 20.7. The second-order valence-corrected chi connectivity index (χ2v) is 7.41. The van der Waals surface area contributed by atoms with Gasteiger partial charge in [-0.25, -0.2) is 19.9 Å². The maximum Gasteiger partial charge on any atom is 0.253 e. The predicted octanol–water partition coefficient (Wildman–Crippen LogP) is 3.18. The van der Waals surface area contributed by atoms with Crippen LogP contribution in [0.25, 0.3) is 22.3 Å². The number of nitrogens with one attached hydrogen (secondary N) is 3. The molecule has 0 spiro atoms. The quantitative estimate of drug-likeness (QED) is 0.486. The van der Waals surface area contributed by atoms with Crippen molar-refractivity contribution in [3.63, 3.8) is 0 Å². The van der Waals surface area contributed by atoms with Crippen LogP contribution >= 0.6 is 0 Å². The molecule has 4 heterocycles. The van der Waals surface area contributed by atoms with Crippen LogP contribution in [0.15, 0.2) is 42.9 Å². The minimum absolute atomic E-state index is 0.0399. The summed E-state index contributed by atoms with van der Waals surface area (Å²) in [6, 6.07) is 9.64. The highest BCUT2D eigenvalue weighted by atomic mass is 16.1. The largest absolute Gasteiger partial charge is 0.360 e. The van der Waals surface area contributed by atoms with Crippen molar-refractivity contribution in [1.29, 1.82) is 0 Å². The van der Waals surface area contributed by atoms with Crippen LogP contribution in [-0.2, 0) is 6.42 Å². The molecule has 4 aromatic rings. The second-order valence-electron chi connectivity index (χ2n) is 7.41. The van der Waals surface area contributed by atoms with E-state index < -0.39 is 0 Å². The average Bonchev–Trinajstić information content (AvgIpc) is 3.20. The molecule has 1 aliphatic heterocycles. The Balaban J connectivity index is 1.57. The van der Waals surface area contributed by atoms with Crippen LogP contribution in [0.5, 0.6) is 0 Å². The molecule has 30 heavy (non-hydrogen) atoms. The molecule has 0 fully saturated rings. The number of aromatic nitrogens is 5. The standard InChI is InChI=1S/C22H21N7O/c1-12(16-6-8-23-11-25-16)27-21-13(2)26-18-5-3-4-14(20(18)29-21)19-10-15-17(28-19)7-9-24-22(15)30/h3-6,8,10-12,28H,7,9H2,1-2H3,(H,24,30)(H,27,29). The molecule has 0 aliphatic carbocycles. The summed E-state index contributed by atoms with van der Waals surface area (Å²) < 4.78 is 0. The first-order valence-electron chi connectivity index (χ1n) is 9.90. The van der Waals surface area contributed by atoms with Gasteiger partial charge in [-0.15, -0.1) is 0 Å². The van der Waals surface area contributed by atoms with Crippen molar-refractivity contribution in [2.24, 2.45) is 0 Å². The third-order valence-electron chi connectivity index (χ3n) is 5.37. The molecule has 0 saturated carbocycles. The number of anilines is 1. The number of H-pyrrole nitrogens is 1. The van der Waals surface area contributed by atoms with E-state index >= 15 is 0 Å². The third kappa shape index (κ3) is 3.16. The van der Waals surface area contributed by atoms with Gasteiger partial charge in [-0.3, -0.25) is 4.79 Å². The Hall–Kier alpha value is -3.81. The van der Waals surface area contributed by atoms with Gasteiger partial charge in [-0.05, 0) is 32.0 Å². The van der Waals surface area contributed by atoms with Gasteiger partial charge >= 0.3 is 0 Å². The number of nitrogens with zero attached hydrogens (tertiary/aromatic N) is 4. The predicted molar refractivity (Wildman–Crippen MR) is 114 cm³/mol. The van der Waals surface area contributed by atoms with E-state index in [4.69, 9.17) is 9.97 Å². The van der Waals surface area contributed by atoms with Gasteiger partial charge in [-0.2, -0.15) is 0 Å². The first-order valence-corrected chi connectivity index (χ1v) is 9.90. The van der Waals surface area contributed by atoms with Gasteiger partial charge in [0.05, 0.1) is 28.5 Å². The minimum Gasteiger partial charge on any atom is -0.360 e. The molecule has 8 nitrogen and oxygen atoms in total. The lowest BCUT2D eigenvalue weighted by molar-refractivity contribution is 0.0946. The molecule has 3 aromatic heterocycles. The van der Waals surface area contributed by atoms with Gasteiger partial charge in [0.15, 0.2) is 0 Å². The Morgan fingerprint density at radius 3 is 2.87 bits per heavy atom. The maximum atomic E-state index is 12.2. The molecule has 1 aliphatic rings. The molecular formula is C22H21N7O. The summed E-state index contributed by atoms with van der Waals surface area (Å²) in [7, 11) is 0. The number of fused-ring (bicyclic) bond motifs is 2. The van der Waals surface area contributed by atoms with Gasteiger partial charge in [-0.1, -0.05) is 12.1 Å². The van der Waals surface area contributed by atoms with E-state index in [1.165, 1.54) is 6.33 Å². The smallest absolute Gasteiger partial charge is 0.253 e. The van der Waals surface area contributed by atoms with E-state index in [-0.39, 0.29) is 11.9 Å². The zero-order valence-electron chi connectivity index (χ0n) is 16.7. The Bertz CT molecular complexity index is 1250. The number of aryl methyl sites for hydroxylation is 1. The Labute approximate surface area is 173 Å². The number of amides is 1. The molecular weight excluding hydrogens is 378 g/mol. The molecule has 8 heteroatoms. The number of hydrogen-bond acceptors (Lipinski definition) is 6. The normalized spacial score (nSPS) is 14.3. The summed E-state index contributed by atoms with van der Waals surface area (Å²) in [4.78, 5) is 33.5. The first kappa shape index (κ1) is 18.2. The van der Waals surface area contributed by atoms with Gasteiger partial charge in [0, 0.05) is 36.1 Å². The van der Waals surface area contributed by atoms with Crippen LogP contribution in [0.4, 0.5) is 5.82 Å². The monoisotopic (exact) mass is 399 g/mol. The SMILES string of the molecule is Cc1nc2cccc(-c3cc4c([nH]3)CCNC4=O)c2nc1NC(C)c1ccncn1. The summed E-state index contributed by atoms with van der Waals surface area (Å²) in [5.41, 5.74) is 6.72. The molecule has 1 aromatic carbocycles. The number of carbonyl (C=O) groups is 1. The number of aromatic amines is 1. The van der Waals surface area contributed by atoms with E-state index in [1.807, 2.05) is 44.2 Å². The maximum absolute atomic E-state index is 12.2. The molecule has 0 bridgehead atoms. The van der Waals surface area contributed by atoms with Gasteiger partial charge < -0.3 is 15.6 Å². The highest BCUT2D eigenvalue weighted by Gasteiger charge is 2.21. The highest BCUT2D eigenvalue weighted by molar-refractivity contribution is 5.99. The van der Waals surface area contributed by atoms with Crippen molar-refractivity contribution in [2.75, 3.05) is 11.9 Å². The summed E-state index contributed by atoms with van der Waals surface area (Å²) >= 11 is 0. The van der Waals surface area contributed by atoms with Crippen LogP contribution in [0.3, 0.4) is 0 Å². The molecule has 5 rings (SSSR count). The number of benzene rings is 1. The van der Waals surface area contributed by atoms with E-state index in [2.05, 4.69) is 25.6 Å². The van der Waals surface area contributed by atoms with Crippen molar-refractivity contribution in [2.45, 2.75) is 26.3 Å². The molecule has 150 valence electrons. The minimum atomic E-state index is -0.0490. The van der Waals surface area contributed by atoms with Crippen LogP contribution < -0.4 is 10.6 Å². The lowest BCUT2D eigenvalue weighted by atomic mass is 10.1. The molecule has 1 unspecified atom stereocenters. The summed E-state index contributed by atoms with van der Waals surface area (Å²) in [6.45, 7) is 4.61. The number of rotatable bonds is 4. The zero-order valence-corrected chi connectivity index (χ0v) is 16.7. The molecule has 3 N–H and O–H groups in total. The summed E-state index contributed by atoms with van der Waals surface area (Å²) in [5, 5.41) is 6.30. The fourth-order valence-electron chi connectivity index (χ4n) is 3.79. The van der Waals surface area contributed by atoms with Crippen molar-refractivity contribution >= 4 is 22.8 Å². The fourth-order valence-corrected chi connectivity index (χ4v) is 3.79. The topological polar surface area (TPSA) is 108 Å². The van der Waals surface area contributed by atoms with Crippen molar-refractivity contribution < 1.29 is 4.79 Å². The third-order valence-corrected chi connectivity index (χ3v) is 5.37. The molecule has 0 saturated heterocycles. The van der Waals surface area contributed by atoms with Gasteiger partial charge in [0.1, 0.15) is 17.7 Å². The Morgan fingerprint density at radius 2 is 2.07 bits per heavy atom. The van der Waals surface area contributed by atoms with Gasteiger partial charge in [0.2, 0.25) is 0 Å². The van der Waals surface area contributed by atoms with Crippen LogP contribution in [-0.4, -0.2) is 37.4 Å². The molecule has 1 atom stereocenters. The second kappa shape index (κ2) is 7.22. The Kier molecular flexibility index (Phi) is 4.39. The van der Waals surface area contributed by atoms with E-state index in [1.54, 1.807) is 6.20 Å². The first-order chi connectivity index (χ1) is 14.6. The molecule has 1 amide bonds. The lowest BCUT2D eigenvalue weighted by Crippen LogP contribution is -2.31. The Morgan fingerprint density at radius 1 is 1.17 bits per heavy atom. The summed E-state index contributed by atoms with van der Waals surface area (Å²) in [6.07, 6.45) is 4.05. The number of carbonyl (C=O) groups excluding carboxylic acids is 1. The highest BCUT2D eigenvalue weighted by Crippen LogP contribution is 2.30. The average molecular weight is 399 g/mol. The fraction of sp³-hybridized carbons (Fsp3) is 0.227. The van der Waals surface area contributed by atoms with Crippen molar-refractivity contribution in [1.82, 2.24) is 30.2 Å². The number of para-hydroxylation sites is 1. The van der Waals surface area contributed by atoms with E-state index in [9.17, 15) is 4.79 Å².